The molecule has 0 radical (unpaired) electrons. The van der Waals surface area contributed by atoms with Gasteiger partial charge in [0.2, 0.25) is 0 Å². The van der Waals surface area contributed by atoms with E-state index < -0.39 is 0 Å². The van der Waals surface area contributed by atoms with Gasteiger partial charge in [0.15, 0.2) is 0 Å². The van der Waals surface area contributed by atoms with E-state index in [0.717, 1.165) is 12.2 Å². The summed E-state index contributed by atoms with van der Waals surface area (Å²) in [6.45, 7) is 10.1. The molecule has 106 valence electrons. The molecule has 1 saturated carbocycles. The van der Waals surface area contributed by atoms with Gasteiger partial charge in [0, 0.05) is 17.9 Å². The fraction of sp³-hybridized carbons (Fsp3) is 0.706. The van der Waals surface area contributed by atoms with Crippen LogP contribution in [0.1, 0.15) is 63.8 Å². The van der Waals surface area contributed by atoms with Crippen molar-refractivity contribution in [1.82, 2.24) is 10.3 Å². The summed E-state index contributed by atoms with van der Waals surface area (Å²) in [5, 5.41) is 3.70. The van der Waals surface area contributed by atoms with E-state index in [4.69, 9.17) is 0 Å². The van der Waals surface area contributed by atoms with Gasteiger partial charge in [-0.25, -0.2) is 0 Å². The summed E-state index contributed by atoms with van der Waals surface area (Å²) in [4.78, 5) is 4.48. The van der Waals surface area contributed by atoms with Crippen LogP contribution in [0.15, 0.2) is 18.3 Å². The molecule has 0 amide bonds. The van der Waals surface area contributed by atoms with E-state index in [0.29, 0.717) is 17.4 Å². The maximum absolute atomic E-state index is 4.48. The van der Waals surface area contributed by atoms with Gasteiger partial charge in [-0.05, 0) is 49.3 Å². The quantitative estimate of drug-likeness (QED) is 0.875. The van der Waals surface area contributed by atoms with E-state index in [1.54, 1.807) is 0 Å². The van der Waals surface area contributed by atoms with Crippen molar-refractivity contribution in [2.24, 2.45) is 11.3 Å². The van der Waals surface area contributed by atoms with E-state index >= 15 is 0 Å². The zero-order valence-corrected chi connectivity index (χ0v) is 12.9. The van der Waals surface area contributed by atoms with Crippen LogP contribution in [0.2, 0.25) is 0 Å². The summed E-state index contributed by atoms with van der Waals surface area (Å²) in [5.41, 5.74) is 2.88. The van der Waals surface area contributed by atoms with Crippen molar-refractivity contribution < 1.29 is 0 Å². The van der Waals surface area contributed by atoms with Gasteiger partial charge in [-0.3, -0.25) is 4.98 Å². The molecule has 1 aromatic heterocycles. The molecule has 2 nitrogen and oxygen atoms in total. The first-order valence-electron chi connectivity index (χ1n) is 7.70. The molecule has 0 aliphatic heterocycles. The van der Waals surface area contributed by atoms with E-state index in [9.17, 15) is 0 Å². The van der Waals surface area contributed by atoms with Crippen LogP contribution in [-0.4, -0.2) is 11.5 Å². The molecule has 2 atom stereocenters. The Labute approximate surface area is 118 Å². The minimum absolute atomic E-state index is 0.427. The van der Waals surface area contributed by atoms with Crippen molar-refractivity contribution in [1.29, 1.82) is 0 Å². The highest BCUT2D eigenvalue weighted by Crippen LogP contribution is 2.46. The topological polar surface area (TPSA) is 24.9 Å². The average molecular weight is 260 g/mol. The lowest BCUT2D eigenvalue weighted by molar-refractivity contribution is 0.0987. The van der Waals surface area contributed by atoms with E-state index in [1.807, 2.05) is 0 Å². The Bertz CT molecular complexity index is 394. The number of nitrogens with one attached hydrogen (secondary N) is 1. The summed E-state index contributed by atoms with van der Waals surface area (Å²) in [6.07, 6.45) is 7.49. The summed E-state index contributed by atoms with van der Waals surface area (Å²) >= 11 is 0. The van der Waals surface area contributed by atoms with E-state index in [1.165, 1.54) is 31.2 Å². The van der Waals surface area contributed by atoms with Gasteiger partial charge in [-0.1, -0.05) is 39.7 Å². The van der Waals surface area contributed by atoms with Gasteiger partial charge in [-0.2, -0.15) is 0 Å². The highest BCUT2D eigenvalue weighted by molar-refractivity contribution is 5.19. The van der Waals surface area contributed by atoms with Gasteiger partial charge in [-0.15, -0.1) is 0 Å². The number of nitrogens with zero attached hydrogens (tertiary/aromatic N) is 1. The molecule has 0 bridgehead atoms. The molecular formula is C17H28N2. The van der Waals surface area contributed by atoms with Crippen LogP contribution >= 0.6 is 0 Å². The molecule has 1 aromatic rings. The maximum Gasteiger partial charge on any atom is 0.0372 e. The fourth-order valence-corrected chi connectivity index (χ4v) is 3.51. The highest BCUT2D eigenvalue weighted by Gasteiger charge is 2.37. The summed E-state index contributed by atoms with van der Waals surface area (Å²) in [5.74, 6) is 0.714. The van der Waals surface area contributed by atoms with Crippen molar-refractivity contribution in [3.63, 3.8) is 0 Å². The summed E-state index contributed by atoms with van der Waals surface area (Å²) < 4.78 is 0. The Balaban J connectivity index is 2.26. The normalized spacial score (nSPS) is 24.1. The minimum atomic E-state index is 0.427. The third-order valence-corrected chi connectivity index (χ3v) is 4.71. The lowest BCUT2D eigenvalue weighted by Crippen LogP contribution is -2.39. The third kappa shape index (κ3) is 3.36. The zero-order valence-electron chi connectivity index (χ0n) is 12.9. The average Bonchev–Trinajstić information content (AvgIpc) is 2.37. The zero-order chi connectivity index (χ0) is 13.9. The monoisotopic (exact) mass is 260 g/mol. The Kier molecular flexibility index (Phi) is 4.62. The van der Waals surface area contributed by atoms with Crippen LogP contribution in [0, 0.1) is 18.3 Å². The van der Waals surface area contributed by atoms with Crippen molar-refractivity contribution >= 4 is 0 Å². The second kappa shape index (κ2) is 6.04. The molecule has 0 saturated heterocycles. The van der Waals surface area contributed by atoms with Gasteiger partial charge < -0.3 is 5.32 Å². The van der Waals surface area contributed by atoms with Crippen LogP contribution in [0.5, 0.6) is 0 Å². The largest absolute Gasteiger partial charge is 0.310 e. The molecule has 1 N–H and O–H groups in total. The first kappa shape index (κ1) is 14.5. The van der Waals surface area contributed by atoms with Crippen LogP contribution in [0.25, 0.3) is 0 Å². The molecule has 0 aromatic carbocycles. The Hall–Kier alpha value is -0.890. The van der Waals surface area contributed by atoms with E-state index in [2.05, 4.69) is 56.3 Å². The number of rotatable bonds is 4. The molecule has 2 heteroatoms. The third-order valence-electron chi connectivity index (χ3n) is 4.71. The smallest absolute Gasteiger partial charge is 0.0372 e. The van der Waals surface area contributed by atoms with Crippen molar-refractivity contribution in [3.8, 4) is 0 Å². The van der Waals surface area contributed by atoms with Gasteiger partial charge in [0.1, 0.15) is 0 Å². The predicted molar refractivity (Wildman–Crippen MR) is 81.1 cm³/mol. The number of pyridine rings is 1. The maximum atomic E-state index is 4.48. The van der Waals surface area contributed by atoms with E-state index in [-0.39, 0.29) is 0 Å². The number of hydrogen-bond acceptors (Lipinski definition) is 2. The van der Waals surface area contributed by atoms with Crippen molar-refractivity contribution in [2.75, 3.05) is 6.54 Å². The number of aromatic nitrogens is 1. The molecule has 1 heterocycles. The van der Waals surface area contributed by atoms with Crippen LogP contribution < -0.4 is 5.32 Å². The molecule has 2 unspecified atom stereocenters. The number of hydrogen-bond donors (Lipinski definition) is 1. The SMILES string of the molecule is CCNC(c1ccc(C)nc1)C1CCCCC1(C)C. The lowest BCUT2D eigenvalue weighted by atomic mass is 9.65. The first-order chi connectivity index (χ1) is 9.04. The predicted octanol–water partition coefficient (Wildman–Crippen LogP) is 4.26. The number of aryl methyl sites for hydroxylation is 1. The molecule has 19 heavy (non-hydrogen) atoms. The molecular weight excluding hydrogens is 232 g/mol. The van der Waals surface area contributed by atoms with Gasteiger partial charge >= 0.3 is 0 Å². The molecule has 2 rings (SSSR count). The molecule has 1 aliphatic carbocycles. The van der Waals surface area contributed by atoms with Crippen molar-refractivity contribution in [3.05, 3.63) is 29.6 Å². The summed E-state index contributed by atoms with van der Waals surface area (Å²) in [6, 6.07) is 4.84. The molecule has 1 fully saturated rings. The standard InChI is InChI=1S/C17H28N2/c1-5-18-16(14-10-9-13(2)19-12-14)15-8-6-7-11-17(15,3)4/h9-10,12,15-16,18H,5-8,11H2,1-4H3. The highest BCUT2D eigenvalue weighted by atomic mass is 14.9. The minimum Gasteiger partial charge on any atom is -0.310 e. The lowest BCUT2D eigenvalue weighted by Gasteiger charge is -2.43. The van der Waals surface area contributed by atoms with Gasteiger partial charge in [0.25, 0.3) is 0 Å². The second-order valence-electron chi connectivity index (χ2n) is 6.61. The van der Waals surface area contributed by atoms with Crippen molar-refractivity contribution in [2.45, 2.75) is 59.4 Å². The van der Waals surface area contributed by atoms with Crippen LogP contribution in [0.3, 0.4) is 0 Å². The van der Waals surface area contributed by atoms with Gasteiger partial charge in [0.05, 0.1) is 0 Å². The van der Waals surface area contributed by atoms with Crippen LogP contribution in [0.4, 0.5) is 0 Å². The second-order valence-corrected chi connectivity index (χ2v) is 6.61. The summed E-state index contributed by atoms with van der Waals surface area (Å²) in [7, 11) is 0. The fourth-order valence-electron chi connectivity index (χ4n) is 3.51. The Morgan fingerprint density at radius 2 is 2.16 bits per heavy atom. The first-order valence-corrected chi connectivity index (χ1v) is 7.70. The van der Waals surface area contributed by atoms with Crippen LogP contribution in [-0.2, 0) is 0 Å². The Morgan fingerprint density at radius 1 is 1.37 bits per heavy atom. The molecule has 1 aliphatic rings. The Morgan fingerprint density at radius 3 is 2.74 bits per heavy atom. The molecule has 0 spiro atoms.